The van der Waals surface area contributed by atoms with Gasteiger partial charge in [-0.3, -0.25) is 14.7 Å². The number of hydrogen-bond acceptors (Lipinski definition) is 4. The minimum absolute atomic E-state index is 0.0558. The number of nitrogens with zero attached hydrogens (tertiary/aromatic N) is 3. The highest BCUT2D eigenvalue weighted by Crippen LogP contribution is 2.41. The summed E-state index contributed by atoms with van der Waals surface area (Å²) in [6.07, 6.45) is 3.92. The molecule has 0 bridgehead atoms. The molecule has 2 fully saturated rings. The lowest BCUT2D eigenvalue weighted by atomic mass is 9.72. The van der Waals surface area contributed by atoms with Crippen molar-refractivity contribution in [2.45, 2.75) is 45.4 Å². The molecule has 1 amide bonds. The molecule has 5 nitrogen and oxygen atoms in total. The smallest absolute Gasteiger partial charge is 0.230 e. The molecule has 0 aliphatic carbocycles. The van der Waals surface area contributed by atoms with E-state index < -0.39 is 5.41 Å². The third kappa shape index (κ3) is 4.71. The fourth-order valence-corrected chi connectivity index (χ4v) is 4.97. The zero-order valence-corrected chi connectivity index (χ0v) is 17.6. The second kappa shape index (κ2) is 9.23. The molecule has 0 saturated carbocycles. The van der Waals surface area contributed by atoms with Gasteiger partial charge in [0.1, 0.15) is 5.82 Å². The van der Waals surface area contributed by atoms with Gasteiger partial charge in [-0.1, -0.05) is 30.3 Å². The molecule has 2 aromatic rings. The van der Waals surface area contributed by atoms with Crippen LogP contribution in [0.3, 0.4) is 0 Å². The van der Waals surface area contributed by atoms with E-state index in [0.717, 1.165) is 37.1 Å². The first-order valence-electron chi connectivity index (χ1n) is 10.9. The van der Waals surface area contributed by atoms with Crippen molar-refractivity contribution in [3.05, 3.63) is 65.7 Å². The molecule has 6 heteroatoms. The lowest BCUT2D eigenvalue weighted by Crippen LogP contribution is -2.59. The van der Waals surface area contributed by atoms with Gasteiger partial charge >= 0.3 is 0 Å². The van der Waals surface area contributed by atoms with E-state index >= 15 is 0 Å². The molecule has 2 aliphatic rings. The number of carbonyl (C=O) groups excluding carboxylic acids is 1. The van der Waals surface area contributed by atoms with Crippen molar-refractivity contribution in [2.75, 3.05) is 26.2 Å². The van der Waals surface area contributed by atoms with Gasteiger partial charge in [0.2, 0.25) is 5.91 Å². The summed E-state index contributed by atoms with van der Waals surface area (Å²) in [7, 11) is 0. The summed E-state index contributed by atoms with van der Waals surface area (Å²) in [5.74, 6) is -0.0912. The molecular weight excluding hydrogens is 381 g/mol. The van der Waals surface area contributed by atoms with E-state index in [4.69, 9.17) is 4.74 Å². The molecule has 3 heterocycles. The molecule has 1 aromatic heterocycles. The number of hydrogen-bond donors (Lipinski definition) is 0. The van der Waals surface area contributed by atoms with Crippen molar-refractivity contribution in [3.8, 4) is 0 Å². The number of carbonyl (C=O) groups is 1. The first-order valence-corrected chi connectivity index (χ1v) is 10.9. The van der Waals surface area contributed by atoms with E-state index in [1.165, 1.54) is 12.3 Å². The van der Waals surface area contributed by atoms with Gasteiger partial charge in [-0.05, 0) is 50.4 Å². The quantitative estimate of drug-likeness (QED) is 0.728. The SMILES string of the molecule is CCO[C@@H]1CN(Cc2ccccc2)C(=O)[C@@]2(CCCN(Cc3ccc(F)cn3)C2)C1. The highest BCUT2D eigenvalue weighted by Gasteiger charge is 2.49. The summed E-state index contributed by atoms with van der Waals surface area (Å²) in [5, 5.41) is 0. The molecule has 1 aromatic carbocycles. The largest absolute Gasteiger partial charge is 0.377 e. The number of benzene rings is 1. The van der Waals surface area contributed by atoms with Crippen molar-refractivity contribution in [3.63, 3.8) is 0 Å². The lowest BCUT2D eigenvalue weighted by Gasteiger charge is -2.49. The predicted octanol–water partition coefficient (Wildman–Crippen LogP) is 3.64. The van der Waals surface area contributed by atoms with Gasteiger partial charge in [-0.25, -0.2) is 4.39 Å². The Balaban J connectivity index is 1.52. The van der Waals surface area contributed by atoms with E-state index in [1.807, 2.05) is 30.0 Å². The topological polar surface area (TPSA) is 45.7 Å². The first kappa shape index (κ1) is 20.9. The summed E-state index contributed by atoms with van der Waals surface area (Å²) in [5.41, 5.74) is 1.55. The highest BCUT2D eigenvalue weighted by atomic mass is 19.1. The fourth-order valence-electron chi connectivity index (χ4n) is 4.97. The number of aromatic nitrogens is 1. The van der Waals surface area contributed by atoms with Crippen molar-refractivity contribution in [1.82, 2.24) is 14.8 Å². The Bertz CT molecular complexity index is 845. The predicted molar refractivity (Wildman–Crippen MR) is 113 cm³/mol. The van der Waals surface area contributed by atoms with Gasteiger partial charge < -0.3 is 9.64 Å². The standard InChI is InChI=1S/C24H30FN3O2/c1-2-30-22-13-24(23(29)28(17-22)15-19-7-4-3-5-8-19)11-6-12-27(18-24)16-21-10-9-20(25)14-26-21/h3-5,7-10,14,22H,2,6,11-13,15-18H2,1H3/t22-,24-/m0/s1. The van der Waals surface area contributed by atoms with Crippen LogP contribution in [-0.2, 0) is 22.6 Å². The Morgan fingerprint density at radius 2 is 2.03 bits per heavy atom. The Kier molecular flexibility index (Phi) is 6.44. The fraction of sp³-hybridized carbons (Fsp3) is 0.500. The number of halogens is 1. The number of ether oxygens (including phenoxy) is 1. The number of likely N-dealkylation sites (tertiary alicyclic amines) is 2. The Hall–Kier alpha value is -2.31. The molecule has 0 N–H and O–H groups in total. The van der Waals surface area contributed by atoms with Crippen LogP contribution in [0, 0.1) is 11.2 Å². The average molecular weight is 412 g/mol. The van der Waals surface area contributed by atoms with Crippen LogP contribution in [0.15, 0.2) is 48.7 Å². The maximum absolute atomic E-state index is 13.7. The zero-order valence-electron chi connectivity index (χ0n) is 17.6. The van der Waals surface area contributed by atoms with Crippen molar-refractivity contribution in [2.24, 2.45) is 5.41 Å². The van der Waals surface area contributed by atoms with E-state index in [9.17, 15) is 9.18 Å². The first-order chi connectivity index (χ1) is 14.6. The molecule has 2 atom stereocenters. The highest BCUT2D eigenvalue weighted by molar-refractivity contribution is 5.84. The van der Waals surface area contributed by atoms with Crippen molar-refractivity contribution >= 4 is 5.91 Å². The third-order valence-electron chi connectivity index (χ3n) is 6.23. The minimum Gasteiger partial charge on any atom is -0.377 e. The van der Waals surface area contributed by atoms with Crippen molar-refractivity contribution in [1.29, 1.82) is 0 Å². The Morgan fingerprint density at radius 1 is 1.20 bits per heavy atom. The molecular formula is C24H30FN3O2. The minimum atomic E-state index is -0.425. The summed E-state index contributed by atoms with van der Waals surface area (Å²) >= 11 is 0. The van der Waals surface area contributed by atoms with Crippen LogP contribution in [-0.4, -0.2) is 53.0 Å². The van der Waals surface area contributed by atoms with Gasteiger partial charge in [0.15, 0.2) is 0 Å². The molecule has 30 heavy (non-hydrogen) atoms. The van der Waals surface area contributed by atoms with Gasteiger partial charge in [0.05, 0.1) is 23.4 Å². The summed E-state index contributed by atoms with van der Waals surface area (Å²) < 4.78 is 19.2. The average Bonchev–Trinajstić information content (AvgIpc) is 2.75. The van der Waals surface area contributed by atoms with E-state index in [1.54, 1.807) is 6.07 Å². The van der Waals surface area contributed by atoms with Gasteiger partial charge in [0, 0.05) is 32.8 Å². The van der Waals surface area contributed by atoms with E-state index in [0.29, 0.717) is 32.8 Å². The monoisotopic (exact) mass is 411 g/mol. The summed E-state index contributed by atoms with van der Waals surface area (Å²) in [6, 6.07) is 13.3. The molecule has 4 rings (SSSR count). The number of pyridine rings is 1. The second-order valence-electron chi connectivity index (χ2n) is 8.52. The summed E-state index contributed by atoms with van der Waals surface area (Å²) in [4.78, 5) is 22.2. The van der Waals surface area contributed by atoms with Crippen LogP contribution >= 0.6 is 0 Å². The lowest BCUT2D eigenvalue weighted by molar-refractivity contribution is -0.161. The molecule has 1 spiro atoms. The van der Waals surface area contributed by atoms with Gasteiger partial charge in [-0.15, -0.1) is 0 Å². The van der Waals surface area contributed by atoms with Crippen molar-refractivity contribution < 1.29 is 13.9 Å². The normalized spacial score (nSPS) is 25.1. The number of piperidine rings is 2. The maximum Gasteiger partial charge on any atom is 0.230 e. The van der Waals surface area contributed by atoms with Crippen LogP contribution in [0.4, 0.5) is 4.39 Å². The van der Waals surface area contributed by atoms with Crippen LogP contribution < -0.4 is 0 Å². The molecule has 2 saturated heterocycles. The van der Waals surface area contributed by atoms with Crippen LogP contribution in [0.2, 0.25) is 0 Å². The molecule has 160 valence electrons. The van der Waals surface area contributed by atoms with Gasteiger partial charge in [0.25, 0.3) is 0 Å². The number of rotatable bonds is 6. The Labute approximate surface area is 177 Å². The molecule has 0 unspecified atom stereocenters. The van der Waals surface area contributed by atoms with Crippen LogP contribution in [0.5, 0.6) is 0 Å². The number of amides is 1. The zero-order chi connectivity index (χ0) is 21.0. The summed E-state index contributed by atoms with van der Waals surface area (Å²) in [6.45, 7) is 6.17. The van der Waals surface area contributed by atoms with E-state index in [2.05, 4.69) is 22.0 Å². The maximum atomic E-state index is 13.7. The molecule has 2 aliphatic heterocycles. The van der Waals surface area contributed by atoms with Crippen LogP contribution in [0.25, 0.3) is 0 Å². The second-order valence-corrected chi connectivity index (χ2v) is 8.52. The van der Waals surface area contributed by atoms with Gasteiger partial charge in [-0.2, -0.15) is 0 Å². The third-order valence-corrected chi connectivity index (χ3v) is 6.23. The van der Waals surface area contributed by atoms with E-state index in [-0.39, 0.29) is 17.8 Å². The van der Waals surface area contributed by atoms with Crippen LogP contribution in [0.1, 0.15) is 37.4 Å². The Morgan fingerprint density at radius 3 is 2.77 bits per heavy atom. The molecule has 0 radical (unpaired) electrons.